The van der Waals surface area contributed by atoms with E-state index in [4.69, 9.17) is 10.8 Å². The average molecular weight is 294 g/mol. The standard InChI is InChI=1S/C12H18N6O3/c13-3-8-1-2-16(4-8)12(21)17-5-9(6-17)18-7-10(11(19)20)14-15-18/h7-9H,1-6,13H2,(H,19,20). The zero-order chi connectivity index (χ0) is 15.0. The third-order valence-corrected chi connectivity index (χ3v) is 4.13. The van der Waals surface area contributed by atoms with E-state index in [1.165, 1.54) is 10.9 Å². The number of hydrogen-bond acceptors (Lipinski definition) is 5. The van der Waals surface area contributed by atoms with Gasteiger partial charge in [-0.25, -0.2) is 14.3 Å². The number of nitrogens with two attached hydrogens (primary N) is 1. The average Bonchev–Trinajstić information content (AvgIpc) is 3.05. The summed E-state index contributed by atoms with van der Waals surface area (Å²) in [6.45, 7) is 3.16. The van der Waals surface area contributed by atoms with Crippen LogP contribution in [0.4, 0.5) is 4.79 Å². The van der Waals surface area contributed by atoms with Gasteiger partial charge in [-0.2, -0.15) is 0 Å². The van der Waals surface area contributed by atoms with Crippen LogP contribution >= 0.6 is 0 Å². The summed E-state index contributed by atoms with van der Waals surface area (Å²) < 4.78 is 1.51. The molecule has 9 nitrogen and oxygen atoms in total. The molecule has 114 valence electrons. The highest BCUT2D eigenvalue weighted by molar-refractivity contribution is 5.84. The van der Waals surface area contributed by atoms with E-state index in [2.05, 4.69) is 10.3 Å². The van der Waals surface area contributed by atoms with Gasteiger partial charge in [0.1, 0.15) is 0 Å². The molecule has 0 aromatic carbocycles. The molecule has 2 fully saturated rings. The van der Waals surface area contributed by atoms with Crippen LogP contribution in [0, 0.1) is 5.92 Å². The Morgan fingerprint density at radius 2 is 2.10 bits per heavy atom. The summed E-state index contributed by atoms with van der Waals surface area (Å²) in [5, 5.41) is 16.2. The highest BCUT2D eigenvalue weighted by Crippen LogP contribution is 2.24. The van der Waals surface area contributed by atoms with Gasteiger partial charge in [0.25, 0.3) is 0 Å². The minimum absolute atomic E-state index is 0.00228. The van der Waals surface area contributed by atoms with Crippen molar-refractivity contribution < 1.29 is 14.7 Å². The second kappa shape index (κ2) is 5.32. The van der Waals surface area contributed by atoms with Crippen LogP contribution in [0.5, 0.6) is 0 Å². The Morgan fingerprint density at radius 1 is 1.33 bits per heavy atom. The van der Waals surface area contributed by atoms with Gasteiger partial charge >= 0.3 is 12.0 Å². The third-order valence-electron chi connectivity index (χ3n) is 4.13. The van der Waals surface area contributed by atoms with Crippen LogP contribution in [-0.4, -0.2) is 74.6 Å². The van der Waals surface area contributed by atoms with Crippen molar-refractivity contribution >= 4 is 12.0 Å². The molecule has 0 bridgehead atoms. The van der Waals surface area contributed by atoms with Gasteiger partial charge in [-0.15, -0.1) is 5.10 Å². The monoisotopic (exact) mass is 294 g/mol. The van der Waals surface area contributed by atoms with Gasteiger partial charge in [-0.1, -0.05) is 5.21 Å². The van der Waals surface area contributed by atoms with Crippen molar-refractivity contribution in [2.45, 2.75) is 12.5 Å². The summed E-state index contributed by atoms with van der Waals surface area (Å²) >= 11 is 0. The van der Waals surface area contributed by atoms with Gasteiger partial charge < -0.3 is 20.6 Å². The zero-order valence-corrected chi connectivity index (χ0v) is 11.6. The van der Waals surface area contributed by atoms with E-state index in [-0.39, 0.29) is 17.8 Å². The van der Waals surface area contributed by atoms with Crippen LogP contribution < -0.4 is 5.73 Å². The van der Waals surface area contributed by atoms with Crippen LogP contribution in [0.15, 0.2) is 6.20 Å². The Balaban J connectivity index is 1.53. The summed E-state index contributed by atoms with van der Waals surface area (Å²) in [4.78, 5) is 26.6. The zero-order valence-electron chi connectivity index (χ0n) is 11.6. The number of aromatic nitrogens is 3. The van der Waals surface area contributed by atoms with Gasteiger partial charge in [0.15, 0.2) is 5.69 Å². The first-order valence-electron chi connectivity index (χ1n) is 6.97. The quantitative estimate of drug-likeness (QED) is 0.756. The second-order valence-electron chi connectivity index (χ2n) is 5.57. The van der Waals surface area contributed by atoms with Gasteiger partial charge in [0.05, 0.1) is 12.2 Å². The molecule has 1 atom stereocenters. The van der Waals surface area contributed by atoms with Crippen LogP contribution in [0.3, 0.4) is 0 Å². The van der Waals surface area contributed by atoms with Crippen molar-refractivity contribution in [2.75, 3.05) is 32.7 Å². The fourth-order valence-corrected chi connectivity index (χ4v) is 2.73. The van der Waals surface area contributed by atoms with Gasteiger partial charge in [0.2, 0.25) is 0 Å². The Kier molecular flexibility index (Phi) is 3.50. The summed E-state index contributed by atoms with van der Waals surface area (Å²) in [7, 11) is 0. The number of carbonyl (C=O) groups excluding carboxylic acids is 1. The van der Waals surface area contributed by atoms with E-state index in [0.29, 0.717) is 25.6 Å². The molecular weight excluding hydrogens is 276 g/mol. The summed E-state index contributed by atoms with van der Waals surface area (Å²) in [5.41, 5.74) is 5.55. The molecule has 21 heavy (non-hydrogen) atoms. The smallest absolute Gasteiger partial charge is 0.358 e. The van der Waals surface area contributed by atoms with Crippen LogP contribution in [-0.2, 0) is 0 Å². The molecule has 1 aromatic heterocycles. The first kappa shape index (κ1) is 13.8. The highest BCUT2D eigenvalue weighted by atomic mass is 16.4. The van der Waals surface area contributed by atoms with E-state index < -0.39 is 5.97 Å². The molecule has 3 heterocycles. The first-order valence-corrected chi connectivity index (χ1v) is 6.97. The van der Waals surface area contributed by atoms with E-state index >= 15 is 0 Å². The lowest BCUT2D eigenvalue weighted by Gasteiger charge is -2.40. The van der Waals surface area contributed by atoms with Crippen molar-refractivity contribution in [3.05, 3.63) is 11.9 Å². The van der Waals surface area contributed by atoms with Gasteiger partial charge in [-0.05, 0) is 18.9 Å². The topological polar surface area (TPSA) is 118 Å². The van der Waals surface area contributed by atoms with Crippen LogP contribution in [0.2, 0.25) is 0 Å². The first-order chi connectivity index (χ1) is 10.1. The number of likely N-dealkylation sites (tertiary alicyclic amines) is 2. The minimum Gasteiger partial charge on any atom is -0.476 e. The SMILES string of the molecule is NCC1CCN(C(=O)N2CC(n3cc(C(=O)O)nn3)C2)C1. The van der Waals surface area contributed by atoms with Gasteiger partial charge in [0, 0.05) is 26.2 Å². The van der Waals surface area contributed by atoms with Crippen molar-refractivity contribution in [1.82, 2.24) is 24.8 Å². The number of aromatic carboxylic acids is 1. The molecule has 0 radical (unpaired) electrons. The van der Waals surface area contributed by atoms with E-state index in [1.54, 1.807) is 4.90 Å². The van der Waals surface area contributed by atoms with Crippen molar-refractivity contribution in [1.29, 1.82) is 0 Å². The van der Waals surface area contributed by atoms with Crippen molar-refractivity contribution in [3.8, 4) is 0 Å². The lowest BCUT2D eigenvalue weighted by molar-refractivity contribution is 0.0689. The number of hydrogen-bond donors (Lipinski definition) is 2. The molecule has 2 saturated heterocycles. The maximum absolute atomic E-state index is 12.3. The molecule has 3 rings (SSSR count). The Bertz CT molecular complexity index is 553. The maximum atomic E-state index is 12.3. The molecule has 2 aliphatic rings. The van der Waals surface area contributed by atoms with E-state index in [9.17, 15) is 9.59 Å². The molecule has 0 spiro atoms. The van der Waals surface area contributed by atoms with Gasteiger partial charge in [-0.3, -0.25) is 0 Å². The largest absolute Gasteiger partial charge is 0.476 e. The number of carbonyl (C=O) groups is 2. The number of carboxylic acids is 1. The number of rotatable bonds is 3. The maximum Gasteiger partial charge on any atom is 0.358 e. The molecular formula is C12H18N6O3. The summed E-state index contributed by atoms with van der Waals surface area (Å²) in [5.74, 6) is -0.696. The lowest BCUT2D eigenvalue weighted by atomic mass is 10.1. The summed E-state index contributed by atoms with van der Waals surface area (Å²) in [6, 6.07) is 0.0308. The Morgan fingerprint density at radius 3 is 2.67 bits per heavy atom. The second-order valence-corrected chi connectivity index (χ2v) is 5.57. The van der Waals surface area contributed by atoms with Crippen molar-refractivity contribution in [3.63, 3.8) is 0 Å². The van der Waals surface area contributed by atoms with Crippen LogP contribution in [0.25, 0.3) is 0 Å². The molecule has 1 aromatic rings. The molecule has 2 amide bonds. The summed E-state index contributed by atoms with van der Waals surface area (Å²) in [6.07, 6.45) is 2.36. The fraction of sp³-hybridized carbons (Fsp3) is 0.667. The normalized spacial score (nSPS) is 22.4. The van der Waals surface area contributed by atoms with E-state index in [0.717, 1.165) is 19.5 Å². The highest BCUT2D eigenvalue weighted by Gasteiger charge is 2.37. The fourth-order valence-electron chi connectivity index (χ4n) is 2.73. The predicted octanol–water partition coefficient (Wildman–Crippen LogP) is -0.766. The van der Waals surface area contributed by atoms with Crippen LogP contribution in [0.1, 0.15) is 23.0 Å². The molecule has 0 saturated carbocycles. The lowest BCUT2D eigenvalue weighted by Crippen LogP contribution is -2.55. The number of nitrogens with zero attached hydrogens (tertiary/aromatic N) is 5. The number of amides is 2. The van der Waals surface area contributed by atoms with E-state index in [1.807, 2.05) is 4.90 Å². The molecule has 0 aliphatic carbocycles. The predicted molar refractivity (Wildman–Crippen MR) is 71.7 cm³/mol. The number of carboxylic acid groups (broad SMARTS) is 1. The Labute approximate surface area is 121 Å². The Hall–Kier alpha value is -2.16. The molecule has 1 unspecified atom stereocenters. The molecule has 3 N–H and O–H groups in total. The molecule has 9 heteroatoms. The molecule has 2 aliphatic heterocycles. The third kappa shape index (κ3) is 2.56. The number of urea groups is 1. The van der Waals surface area contributed by atoms with Crippen molar-refractivity contribution in [2.24, 2.45) is 11.7 Å². The minimum atomic E-state index is -1.10.